The van der Waals surface area contributed by atoms with E-state index in [1.807, 2.05) is 24.3 Å². The average molecular weight is 691 g/mol. The van der Waals surface area contributed by atoms with E-state index in [1.54, 1.807) is 30.3 Å². The van der Waals surface area contributed by atoms with Crippen molar-refractivity contribution < 1.29 is 31.5 Å². The summed E-state index contributed by atoms with van der Waals surface area (Å²) in [4.78, 5) is 11.9. The molecule has 0 aliphatic heterocycles. The lowest BCUT2D eigenvalue weighted by atomic mass is 9.87. The molecule has 5 nitrogen and oxygen atoms in total. The third-order valence-corrected chi connectivity index (χ3v) is 9.86. The van der Waals surface area contributed by atoms with Gasteiger partial charge in [0, 0.05) is 0 Å². The molecule has 11 heteroatoms. The lowest BCUT2D eigenvalue weighted by molar-refractivity contribution is -0.140. The Kier molecular flexibility index (Phi) is 10.6. The van der Waals surface area contributed by atoms with Crippen LogP contribution < -0.4 is 4.31 Å². The molecule has 242 valence electrons. The molecule has 46 heavy (non-hydrogen) atoms. The molecule has 1 unspecified atom stereocenters. The number of anilines is 1. The number of nitrogens with zero attached hydrogens (tertiary/aromatic N) is 1. The molecule has 0 saturated heterocycles. The minimum atomic E-state index is -4.54. The van der Waals surface area contributed by atoms with Gasteiger partial charge in [0.1, 0.15) is 0 Å². The molecule has 4 rings (SSSR count). The normalized spacial score (nSPS) is 13.1. The van der Waals surface area contributed by atoms with Gasteiger partial charge in [0.2, 0.25) is 0 Å². The third kappa shape index (κ3) is 8.72. The lowest BCUT2D eigenvalue weighted by Gasteiger charge is -2.26. The molecule has 1 N–H and O–H groups in total. The lowest BCUT2D eigenvalue weighted by Crippen LogP contribution is -2.30. The molecule has 4 aromatic carbocycles. The van der Waals surface area contributed by atoms with E-state index in [9.17, 15) is 31.5 Å². The van der Waals surface area contributed by atoms with Crippen molar-refractivity contribution >= 4 is 51.0 Å². The highest BCUT2D eigenvalue weighted by Crippen LogP contribution is 2.32. The monoisotopic (exact) mass is 689 g/mol. The van der Waals surface area contributed by atoms with Gasteiger partial charge in [-0.15, -0.1) is 0 Å². The quantitative estimate of drug-likeness (QED) is 0.180. The van der Waals surface area contributed by atoms with Crippen LogP contribution in [0, 0.1) is 5.92 Å². The Balaban J connectivity index is 1.63. The highest BCUT2D eigenvalue weighted by atomic mass is 35.5. The summed E-state index contributed by atoms with van der Waals surface area (Å²) in [5.74, 6) is -2.28. The van der Waals surface area contributed by atoms with Gasteiger partial charge in [-0.2, -0.15) is 13.2 Å². The Morgan fingerprint density at radius 2 is 1.50 bits per heavy atom. The van der Waals surface area contributed by atoms with Crippen LogP contribution in [-0.2, 0) is 39.4 Å². The molecule has 0 aliphatic rings. The van der Waals surface area contributed by atoms with E-state index in [2.05, 4.69) is 20.8 Å². The highest BCUT2D eigenvalue weighted by Gasteiger charge is 2.31. The molecule has 0 heterocycles. The van der Waals surface area contributed by atoms with Gasteiger partial charge in [0.25, 0.3) is 10.0 Å². The first-order valence-corrected chi connectivity index (χ1v) is 16.4. The molecule has 0 bridgehead atoms. The highest BCUT2D eigenvalue weighted by molar-refractivity contribution is 7.92. The number of alkyl halides is 3. The maximum absolute atomic E-state index is 13.9. The number of benzene rings is 4. The minimum absolute atomic E-state index is 0.0142. The van der Waals surface area contributed by atoms with Gasteiger partial charge < -0.3 is 5.11 Å². The zero-order chi connectivity index (χ0) is 33.9. The predicted molar refractivity (Wildman–Crippen MR) is 177 cm³/mol. The zero-order valence-electron chi connectivity index (χ0n) is 25.2. The van der Waals surface area contributed by atoms with E-state index in [1.165, 1.54) is 40.7 Å². The van der Waals surface area contributed by atoms with Gasteiger partial charge in [-0.05, 0) is 70.5 Å². The summed E-state index contributed by atoms with van der Waals surface area (Å²) in [6.07, 6.45) is -1.74. The van der Waals surface area contributed by atoms with Gasteiger partial charge >= 0.3 is 12.1 Å². The summed E-state index contributed by atoms with van der Waals surface area (Å²) in [5, 5.41) is 10.0. The number of hydrogen-bond acceptors (Lipinski definition) is 3. The summed E-state index contributed by atoms with van der Waals surface area (Å²) < 4.78 is 68.5. The second-order valence-electron chi connectivity index (χ2n) is 11.8. The SMILES string of the molecule is CC(C)(C)c1ccc(CN(c2ccc(C=CC(Cc3cccc(C(F)(F)F)c3)C(=O)O)cc2)S(=O)(=O)c2ccc(Cl)c(Cl)c2)cc1. The van der Waals surface area contributed by atoms with Crippen molar-refractivity contribution in [2.45, 2.75) is 50.2 Å². The van der Waals surface area contributed by atoms with Gasteiger partial charge in [0.15, 0.2) is 0 Å². The first-order chi connectivity index (χ1) is 21.4. The second-order valence-corrected chi connectivity index (χ2v) is 14.5. The smallest absolute Gasteiger partial charge is 0.416 e. The molecule has 1 atom stereocenters. The molecular formula is C35H32Cl2F3NO4S. The topological polar surface area (TPSA) is 74.7 Å². The Labute approximate surface area is 277 Å². The van der Waals surface area contributed by atoms with Crippen LogP contribution in [-0.4, -0.2) is 19.5 Å². The van der Waals surface area contributed by atoms with Gasteiger partial charge in [-0.3, -0.25) is 9.10 Å². The summed E-state index contributed by atoms with van der Waals surface area (Å²) >= 11 is 12.2. The van der Waals surface area contributed by atoms with E-state index in [0.29, 0.717) is 11.3 Å². The van der Waals surface area contributed by atoms with E-state index >= 15 is 0 Å². The van der Waals surface area contributed by atoms with E-state index in [-0.39, 0.29) is 38.9 Å². The van der Waals surface area contributed by atoms with Crippen molar-refractivity contribution in [3.8, 4) is 0 Å². The van der Waals surface area contributed by atoms with Gasteiger partial charge in [-0.25, -0.2) is 8.42 Å². The summed E-state index contributed by atoms with van der Waals surface area (Å²) in [7, 11) is -4.11. The number of halogens is 5. The molecule has 0 saturated carbocycles. The van der Waals surface area contributed by atoms with Crippen LogP contribution in [0.1, 0.15) is 48.6 Å². The number of carboxylic acid groups (broad SMARTS) is 1. The Morgan fingerprint density at radius 1 is 0.848 bits per heavy atom. The predicted octanol–water partition coefficient (Wildman–Crippen LogP) is 9.66. The molecule has 0 amide bonds. The Hall–Kier alpha value is -3.79. The number of carboxylic acids is 1. The van der Waals surface area contributed by atoms with Crippen LogP contribution in [0.3, 0.4) is 0 Å². The molecular weight excluding hydrogens is 658 g/mol. The standard InChI is InChI=1S/C35H32Cl2F3NO4S/c1-34(2,3)27-13-8-24(9-14-27)22-41(46(44,45)30-17-18-31(36)32(37)21-30)29-15-10-23(11-16-29)7-12-26(33(42)43)19-25-5-4-6-28(20-25)35(38,39)40/h4-18,20-21,26H,19,22H2,1-3H3,(H,42,43). The second kappa shape index (κ2) is 13.9. The molecule has 0 aromatic heterocycles. The molecule has 0 spiro atoms. The number of carbonyl (C=O) groups is 1. The summed E-state index contributed by atoms with van der Waals surface area (Å²) in [6.45, 7) is 6.27. The van der Waals surface area contributed by atoms with E-state index < -0.39 is 33.7 Å². The van der Waals surface area contributed by atoms with E-state index in [4.69, 9.17) is 23.2 Å². The molecule has 4 aromatic rings. The fourth-order valence-electron chi connectivity index (χ4n) is 4.70. The van der Waals surface area contributed by atoms with Crippen molar-refractivity contribution in [2.24, 2.45) is 5.92 Å². The summed E-state index contributed by atoms with van der Waals surface area (Å²) in [5.41, 5.74) is 2.07. The van der Waals surface area contributed by atoms with Crippen molar-refractivity contribution in [1.82, 2.24) is 0 Å². The third-order valence-electron chi connectivity index (χ3n) is 7.35. The van der Waals surface area contributed by atoms with Crippen LogP contribution in [0.25, 0.3) is 6.08 Å². The first kappa shape index (κ1) is 35.1. The number of rotatable bonds is 10. The van der Waals surface area contributed by atoms with Crippen molar-refractivity contribution in [3.63, 3.8) is 0 Å². The fourth-order valence-corrected chi connectivity index (χ4v) is 6.54. The van der Waals surface area contributed by atoms with Crippen LogP contribution in [0.2, 0.25) is 10.0 Å². The van der Waals surface area contributed by atoms with Gasteiger partial charge in [-0.1, -0.05) is 111 Å². The molecule has 0 radical (unpaired) electrons. The van der Waals surface area contributed by atoms with Crippen molar-refractivity contribution in [2.75, 3.05) is 4.31 Å². The first-order valence-electron chi connectivity index (χ1n) is 14.2. The minimum Gasteiger partial charge on any atom is -0.481 e. The fraction of sp³-hybridized carbons (Fsp3) is 0.229. The average Bonchev–Trinajstić information content (AvgIpc) is 2.99. The largest absolute Gasteiger partial charge is 0.481 e. The van der Waals surface area contributed by atoms with Crippen LogP contribution in [0.4, 0.5) is 18.9 Å². The van der Waals surface area contributed by atoms with Crippen LogP contribution in [0.15, 0.2) is 102 Å². The Morgan fingerprint density at radius 3 is 2.07 bits per heavy atom. The summed E-state index contributed by atoms with van der Waals surface area (Å²) in [6, 6.07) is 22.8. The number of sulfonamides is 1. The van der Waals surface area contributed by atoms with Crippen LogP contribution >= 0.6 is 23.2 Å². The Bertz CT molecular complexity index is 1830. The van der Waals surface area contributed by atoms with Crippen molar-refractivity contribution in [1.29, 1.82) is 0 Å². The zero-order valence-corrected chi connectivity index (χ0v) is 27.6. The number of hydrogen-bond donors (Lipinski definition) is 1. The maximum Gasteiger partial charge on any atom is 0.416 e. The van der Waals surface area contributed by atoms with E-state index in [0.717, 1.165) is 23.3 Å². The van der Waals surface area contributed by atoms with Crippen molar-refractivity contribution in [3.05, 3.63) is 135 Å². The molecule has 0 fully saturated rings. The number of aliphatic carboxylic acids is 1. The molecule has 0 aliphatic carbocycles. The maximum atomic E-state index is 13.9. The van der Waals surface area contributed by atoms with Crippen LogP contribution in [0.5, 0.6) is 0 Å². The van der Waals surface area contributed by atoms with Gasteiger partial charge in [0.05, 0.1) is 38.7 Å².